The number of benzene rings is 4. The zero-order valence-corrected chi connectivity index (χ0v) is 50.1. The summed E-state index contributed by atoms with van der Waals surface area (Å²) in [5.74, 6) is -2.65. The van der Waals surface area contributed by atoms with Gasteiger partial charge in [0, 0.05) is 42.3 Å². The molecule has 8 N–H and O–H groups in total. The maximum atomic E-state index is 15.0. The van der Waals surface area contributed by atoms with Crippen LogP contribution in [-0.4, -0.2) is 125 Å². The van der Waals surface area contributed by atoms with E-state index in [9.17, 15) is 38.4 Å². The summed E-state index contributed by atoms with van der Waals surface area (Å²) in [6, 6.07) is 21.7. The van der Waals surface area contributed by atoms with Gasteiger partial charge in [-0.15, -0.1) is 0 Å². The van der Waals surface area contributed by atoms with Gasteiger partial charge in [0.2, 0.25) is 35.4 Å². The zero-order chi connectivity index (χ0) is 60.4. The highest BCUT2D eigenvalue weighted by molar-refractivity contribution is 6.07. The predicted octanol–water partition coefficient (Wildman–Crippen LogP) is 6.34. The molecular formula is C65H83N11O8. The molecule has 3 heterocycles. The summed E-state index contributed by atoms with van der Waals surface area (Å²) < 4.78 is 1.40. The average Bonchev–Trinajstić information content (AvgIpc) is 1.92. The molecule has 19 heteroatoms. The van der Waals surface area contributed by atoms with Crippen LogP contribution in [0.25, 0.3) is 10.9 Å². The third-order valence-electron chi connectivity index (χ3n) is 17.4. The van der Waals surface area contributed by atoms with Crippen LogP contribution in [0.3, 0.4) is 0 Å². The van der Waals surface area contributed by atoms with Gasteiger partial charge >= 0.3 is 6.03 Å². The van der Waals surface area contributed by atoms with Gasteiger partial charge < -0.3 is 52.3 Å². The van der Waals surface area contributed by atoms with Gasteiger partial charge in [0.1, 0.15) is 24.2 Å². The molecule has 5 aromatic rings. The zero-order valence-electron chi connectivity index (χ0n) is 50.1. The Bertz CT molecular complexity index is 3340. The normalized spacial score (nSPS) is 20.9. The lowest BCUT2D eigenvalue weighted by Gasteiger charge is -2.42. The van der Waals surface area contributed by atoms with Gasteiger partial charge in [0.15, 0.2) is 0 Å². The largest absolute Gasteiger partial charge is 0.347 e. The number of hydrogen-bond donors (Lipinski definition) is 8. The van der Waals surface area contributed by atoms with Gasteiger partial charge in [-0.3, -0.25) is 38.1 Å². The molecule has 8 amide bonds. The number of carbonyl (C=O) groups excluding carboxylic acids is 8. The number of likely N-dealkylation sites (N-methyl/N-ethyl adjacent to an activating group) is 2. The summed E-state index contributed by atoms with van der Waals surface area (Å²) in [4.78, 5) is 117. The molecule has 1 saturated heterocycles. The van der Waals surface area contributed by atoms with Crippen LogP contribution in [0.1, 0.15) is 143 Å². The molecule has 446 valence electrons. The lowest BCUT2D eigenvalue weighted by Crippen LogP contribution is -2.62. The Morgan fingerprint density at radius 2 is 1.13 bits per heavy atom. The predicted molar refractivity (Wildman–Crippen MR) is 323 cm³/mol. The quantitative estimate of drug-likeness (QED) is 0.0579. The van der Waals surface area contributed by atoms with E-state index < -0.39 is 76.9 Å². The molecule has 9 rings (SSSR count). The first-order chi connectivity index (χ1) is 39.9. The second-order valence-electron chi connectivity index (χ2n) is 25.4. The highest BCUT2D eigenvalue weighted by Gasteiger charge is 2.47. The monoisotopic (exact) mass is 1150 g/mol. The Labute approximate surface area is 492 Å². The molecule has 4 unspecified atom stereocenters. The number of fused-ring (bicyclic) bond motifs is 4. The smallest absolute Gasteiger partial charge is 0.326 e. The van der Waals surface area contributed by atoms with Crippen molar-refractivity contribution in [3.05, 3.63) is 136 Å². The third-order valence-corrected chi connectivity index (χ3v) is 17.4. The summed E-state index contributed by atoms with van der Waals surface area (Å²) in [5, 5.41) is 25.1. The van der Waals surface area contributed by atoms with Crippen LogP contribution in [-0.2, 0) is 54.6 Å². The Morgan fingerprint density at radius 3 is 1.69 bits per heavy atom. The van der Waals surface area contributed by atoms with Crippen molar-refractivity contribution in [2.75, 3.05) is 26.0 Å². The van der Waals surface area contributed by atoms with E-state index in [1.807, 2.05) is 84.0 Å². The van der Waals surface area contributed by atoms with Gasteiger partial charge in [-0.2, -0.15) is 0 Å². The second-order valence-corrected chi connectivity index (χ2v) is 25.4. The molecule has 0 spiro atoms. The van der Waals surface area contributed by atoms with Crippen molar-refractivity contribution in [3.8, 4) is 0 Å². The first-order valence-electron chi connectivity index (χ1n) is 29.6. The fourth-order valence-electron chi connectivity index (χ4n) is 12.2. The molecule has 4 aromatic carbocycles. The number of likely N-dealkylation sites (tertiary alicyclic amines) is 1. The first kappa shape index (κ1) is 60.7. The summed E-state index contributed by atoms with van der Waals surface area (Å²) in [5.41, 5.74) is 5.70. The van der Waals surface area contributed by atoms with Crippen LogP contribution in [0.4, 0.5) is 10.5 Å². The number of anilines is 1. The van der Waals surface area contributed by atoms with Crippen molar-refractivity contribution < 1.29 is 38.4 Å². The molecule has 9 atom stereocenters. The Balaban J connectivity index is 0.937. The fraction of sp³-hybridized carbons (Fsp3) is 0.477. The molecule has 0 bridgehead atoms. The summed E-state index contributed by atoms with van der Waals surface area (Å²) in [6.45, 7) is 14.6. The molecule has 1 aromatic heterocycles. The van der Waals surface area contributed by atoms with Crippen molar-refractivity contribution in [1.82, 2.24) is 51.6 Å². The van der Waals surface area contributed by atoms with Crippen molar-refractivity contribution in [2.24, 2.45) is 10.8 Å². The van der Waals surface area contributed by atoms with E-state index in [0.29, 0.717) is 16.6 Å². The van der Waals surface area contributed by atoms with Gasteiger partial charge in [-0.05, 0) is 147 Å². The summed E-state index contributed by atoms with van der Waals surface area (Å²) in [6.07, 6.45) is 7.04. The van der Waals surface area contributed by atoms with Crippen LogP contribution >= 0.6 is 0 Å². The second kappa shape index (κ2) is 25.1. The number of aromatic nitrogens is 1. The van der Waals surface area contributed by atoms with Crippen LogP contribution in [0.5, 0.6) is 0 Å². The number of nitrogens with one attached hydrogen (secondary N) is 8. The van der Waals surface area contributed by atoms with Gasteiger partial charge in [-0.1, -0.05) is 102 Å². The number of nitrogens with zero attached hydrogens (tertiary/aromatic N) is 3. The standard InChI is InChI=1S/C65H83N11O8/c1-37(66-9)56(77)72-54(64(3,4)5)61(82)75-35-44-31-45(28-27-42(44)32-52(75)59(80)70-49-23-15-19-39-17-11-13-21-47(39)49)68-58(79)43-26-25-41-29-30-74(51(41)33-43)63(84)69-46-34-53(60(81)71-50-24-16-20-40-18-12-14-22-48(40)50)76(36-46)62(83)55(65(6,7)8)73-57(78)38(2)67-10/h11-14,17-18,21-22,25-31,33,37-38,46,49-50,52-55,66-67H,15-16,19-20,23-24,32,34-36H2,1-10H3,(H,68,79)(H,69,84)(H,70,80)(H,71,81)(H,72,77)(H,73,78)/t37-,38-,46?,49?,50?,52-,53-,54?,55+/m0/s1. The van der Waals surface area contributed by atoms with Gasteiger partial charge in [-0.25, -0.2) is 4.79 Å². The topological polar surface area (TPSA) is 244 Å². The van der Waals surface area contributed by atoms with Crippen molar-refractivity contribution >= 4 is 64.0 Å². The fourth-order valence-corrected chi connectivity index (χ4v) is 12.2. The Morgan fingerprint density at radius 1 is 0.583 bits per heavy atom. The van der Waals surface area contributed by atoms with Crippen LogP contribution in [0.2, 0.25) is 0 Å². The number of rotatable bonds is 15. The Hall–Kier alpha value is -7.90. The number of amides is 8. The van der Waals surface area contributed by atoms with Crippen LogP contribution < -0.4 is 42.5 Å². The van der Waals surface area contributed by atoms with E-state index in [4.69, 9.17) is 0 Å². The van der Waals surface area contributed by atoms with Gasteiger partial charge in [0.05, 0.1) is 35.7 Å². The molecule has 0 radical (unpaired) electrons. The SMILES string of the molecule is CN[C@@H](C)C(=O)NC(C(=O)N1Cc2cc(NC(=O)c3ccc4ccn(C(=O)NC5C[C@@H](C(=O)NC6CCCc7ccccc76)N(C(=O)[C@@H](NC(=O)[C@H](C)NC)C(C)(C)C)C5)c4c3)ccc2C[C@H]1C(=O)NC1CCCc2ccccc21)C(C)(C)C. The molecule has 2 aliphatic carbocycles. The van der Waals surface area contributed by atoms with E-state index in [0.717, 1.165) is 60.8 Å². The lowest BCUT2D eigenvalue weighted by molar-refractivity contribution is -0.147. The highest BCUT2D eigenvalue weighted by Crippen LogP contribution is 2.35. The number of aryl methyl sites for hydroxylation is 2. The van der Waals surface area contributed by atoms with E-state index in [2.05, 4.69) is 54.7 Å². The molecular weight excluding hydrogens is 1060 g/mol. The van der Waals surface area contributed by atoms with Crippen LogP contribution in [0.15, 0.2) is 97.2 Å². The minimum Gasteiger partial charge on any atom is -0.347 e. The average molecular weight is 1150 g/mol. The maximum absolute atomic E-state index is 15.0. The minimum absolute atomic E-state index is 0.000520. The van der Waals surface area contributed by atoms with E-state index in [1.54, 1.807) is 75.4 Å². The van der Waals surface area contributed by atoms with Crippen molar-refractivity contribution in [1.29, 1.82) is 0 Å². The number of carbonyl (C=O) groups is 8. The number of hydrogen-bond acceptors (Lipinski definition) is 10. The summed E-state index contributed by atoms with van der Waals surface area (Å²) in [7, 11) is 3.33. The molecule has 0 saturated carbocycles. The molecule has 1 fully saturated rings. The van der Waals surface area contributed by atoms with E-state index in [1.165, 1.54) is 20.6 Å². The van der Waals surface area contributed by atoms with Crippen LogP contribution in [0, 0.1) is 10.8 Å². The molecule has 4 aliphatic rings. The first-order valence-corrected chi connectivity index (χ1v) is 29.6. The van der Waals surface area contributed by atoms with Crippen molar-refractivity contribution in [2.45, 2.75) is 168 Å². The highest BCUT2D eigenvalue weighted by atomic mass is 16.2. The van der Waals surface area contributed by atoms with Gasteiger partial charge in [0.25, 0.3) is 5.91 Å². The van der Waals surface area contributed by atoms with E-state index in [-0.39, 0.29) is 67.2 Å². The molecule has 19 nitrogen and oxygen atoms in total. The van der Waals surface area contributed by atoms with E-state index >= 15 is 0 Å². The maximum Gasteiger partial charge on any atom is 0.326 e. The Kier molecular flexibility index (Phi) is 18.2. The lowest BCUT2D eigenvalue weighted by atomic mass is 9.83. The minimum atomic E-state index is -0.991. The molecule has 84 heavy (non-hydrogen) atoms. The molecule has 2 aliphatic heterocycles. The van der Waals surface area contributed by atoms with Crippen molar-refractivity contribution in [3.63, 3.8) is 0 Å². The third kappa shape index (κ3) is 13.2. The summed E-state index contributed by atoms with van der Waals surface area (Å²) >= 11 is 0.